The topological polar surface area (TPSA) is 93.8 Å². The SMILES string of the molecule is COc1ccc(/C(C)=N\NC(=O)c2cccc(F)c2)cc1[N+](=O)[O-]. The Balaban J connectivity index is 2.20. The highest BCUT2D eigenvalue weighted by molar-refractivity contribution is 6.01. The number of nitrogens with one attached hydrogen (secondary N) is 1. The molecule has 1 N–H and O–H groups in total. The third-order valence-corrected chi connectivity index (χ3v) is 3.21. The second-order valence-corrected chi connectivity index (χ2v) is 4.79. The van der Waals surface area contributed by atoms with Crippen molar-refractivity contribution in [2.75, 3.05) is 7.11 Å². The van der Waals surface area contributed by atoms with E-state index in [1.54, 1.807) is 13.0 Å². The van der Waals surface area contributed by atoms with Gasteiger partial charge in [-0.25, -0.2) is 9.82 Å². The maximum absolute atomic E-state index is 13.1. The van der Waals surface area contributed by atoms with Crippen LogP contribution in [0.4, 0.5) is 10.1 Å². The highest BCUT2D eigenvalue weighted by Crippen LogP contribution is 2.27. The second-order valence-electron chi connectivity index (χ2n) is 4.79. The van der Waals surface area contributed by atoms with E-state index >= 15 is 0 Å². The lowest BCUT2D eigenvalue weighted by Gasteiger charge is -2.06. The van der Waals surface area contributed by atoms with Crippen molar-refractivity contribution < 1.29 is 18.8 Å². The first kappa shape index (κ1) is 17.1. The Labute approximate surface area is 136 Å². The number of carbonyl (C=O) groups is 1. The highest BCUT2D eigenvalue weighted by Gasteiger charge is 2.16. The zero-order valence-electron chi connectivity index (χ0n) is 12.9. The summed E-state index contributed by atoms with van der Waals surface area (Å²) in [6.45, 7) is 1.58. The van der Waals surface area contributed by atoms with Gasteiger partial charge in [0.2, 0.25) is 0 Å². The van der Waals surface area contributed by atoms with Crippen molar-refractivity contribution in [2.24, 2.45) is 5.10 Å². The van der Waals surface area contributed by atoms with Crippen LogP contribution in [0, 0.1) is 15.9 Å². The molecule has 0 aliphatic rings. The van der Waals surface area contributed by atoms with Crippen LogP contribution in [0.1, 0.15) is 22.8 Å². The molecular formula is C16H14FN3O4. The largest absolute Gasteiger partial charge is 0.490 e. The Kier molecular flexibility index (Phi) is 5.20. The maximum atomic E-state index is 13.1. The molecule has 0 saturated carbocycles. The number of halogens is 1. The summed E-state index contributed by atoms with van der Waals surface area (Å²) in [6, 6.07) is 9.49. The molecule has 1 amide bonds. The number of nitro groups is 1. The summed E-state index contributed by atoms with van der Waals surface area (Å²) < 4.78 is 18.0. The third kappa shape index (κ3) is 3.92. The van der Waals surface area contributed by atoms with Crippen molar-refractivity contribution in [1.29, 1.82) is 0 Å². The molecule has 0 unspecified atom stereocenters. The van der Waals surface area contributed by atoms with Crippen LogP contribution in [0.5, 0.6) is 5.75 Å². The predicted molar refractivity (Wildman–Crippen MR) is 85.7 cm³/mol. The summed E-state index contributed by atoms with van der Waals surface area (Å²) in [5, 5.41) is 14.9. The van der Waals surface area contributed by atoms with Crippen molar-refractivity contribution in [3.8, 4) is 5.75 Å². The van der Waals surface area contributed by atoms with Crippen LogP contribution < -0.4 is 10.2 Å². The molecule has 0 aromatic heterocycles. The lowest BCUT2D eigenvalue weighted by atomic mass is 10.1. The van der Waals surface area contributed by atoms with Gasteiger partial charge in [0.15, 0.2) is 5.75 Å². The molecule has 0 atom stereocenters. The Morgan fingerprint density at radius 3 is 2.62 bits per heavy atom. The summed E-state index contributed by atoms with van der Waals surface area (Å²) in [5.41, 5.74) is 2.99. The number of benzene rings is 2. The number of rotatable bonds is 5. The summed E-state index contributed by atoms with van der Waals surface area (Å²) in [5.74, 6) is -0.994. The Morgan fingerprint density at radius 1 is 1.25 bits per heavy atom. The molecule has 0 bridgehead atoms. The van der Waals surface area contributed by atoms with Crippen LogP contribution in [0.3, 0.4) is 0 Å². The van der Waals surface area contributed by atoms with Crippen LogP contribution >= 0.6 is 0 Å². The lowest BCUT2D eigenvalue weighted by molar-refractivity contribution is -0.385. The van der Waals surface area contributed by atoms with Gasteiger partial charge in [-0.2, -0.15) is 5.10 Å². The van der Waals surface area contributed by atoms with Gasteiger partial charge in [0.1, 0.15) is 5.82 Å². The smallest absolute Gasteiger partial charge is 0.311 e. The molecule has 2 rings (SSSR count). The predicted octanol–water partition coefficient (Wildman–Crippen LogP) is 2.90. The molecule has 0 radical (unpaired) electrons. The van der Waals surface area contributed by atoms with E-state index in [-0.39, 0.29) is 17.0 Å². The maximum Gasteiger partial charge on any atom is 0.311 e. The molecule has 124 valence electrons. The van der Waals surface area contributed by atoms with E-state index in [2.05, 4.69) is 10.5 Å². The van der Waals surface area contributed by atoms with Crippen molar-refractivity contribution >= 4 is 17.3 Å². The van der Waals surface area contributed by atoms with E-state index in [0.717, 1.165) is 6.07 Å². The van der Waals surface area contributed by atoms with E-state index in [9.17, 15) is 19.3 Å². The lowest BCUT2D eigenvalue weighted by Crippen LogP contribution is -2.19. The third-order valence-electron chi connectivity index (χ3n) is 3.21. The number of methoxy groups -OCH3 is 1. The van der Waals surface area contributed by atoms with Gasteiger partial charge in [-0.05, 0) is 37.3 Å². The van der Waals surface area contributed by atoms with Gasteiger partial charge >= 0.3 is 5.69 Å². The molecule has 0 aliphatic heterocycles. The number of hydrogen-bond donors (Lipinski definition) is 1. The second kappa shape index (κ2) is 7.32. The molecule has 2 aromatic carbocycles. The fraction of sp³-hybridized carbons (Fsp3) is 0.125. The normalized spacial score (nSPS) is 11.0. The first-order chi connectivity index (χ1) is 11.4. The number of nitrogens with zero attached hydrogens (tertiary/aromatic N) is 2. The fourth-order valence-corrected chi connectivity index (χ4v) is 1.95. The Morgan fingerprint density at radius 2 is 2.00 bits per heavy atom. The van der Waals surface area contributed by atoms with Gasteiger partial charge in [-0.3, -0.25) is 14.9 Å². The van der Waals surface area contributed by atoms with Gasteiger partial charge in [-0.1, -0.05) is 6.07 Å². The average molecular weight is 331 g/mol. The van der Waals surface area contributed by atoms with Crippen molar-refractivity contribution in [1.82, 2.24) is 5.43 Å². The van der Waals surface area contributed by atoms with E-state index in [1.807, 2.05) is 0 Å². The van der Waals surface area contributed by atoms with Gasteiger partial charge in [0.25, 0.3) is 5.91 Å². The molecule has 0 spiro atoms. The molecule has 0 saturated heterocycles. The van der Waals surface area contributed by atoms with Crippen molar-refractivity contribution in [3.05, 3.63) is 69.5 Å². The molecule has 0 fully saturated rings. The minimum absolute atomic E-state index is 0.118. The number of carbonyl (C=O) groups excluding carboxylic acids is 1. The minimum Gasteiger partial charge on any atom is -0.490 e. The number of amides is 1. The fourth-order valence-electron chi connectivity index (χ4n) is 1.95. The number of nitro benzene ring substituents is 1. The minimum atomic E-state index is -0.586. The number of hydrazone groups is 1. The summed E-state index contributed by atoms with van der Waals surface area (Å²) in [7, 11) is 1.34. The van der Waals surface area contributed by atoms with E-state index in [0.29, 0.717) is 11.3 Å². The molecule has 0 heterocycles. The van der Waals surface area contributed by atoms with Crippen LogP contribution in [-0.4, -0.2) is 23.7 Å². The van der Waals surface area contributed by atoms with Gasteiger partial charge in [-0.15, -0.1) is 0 Å². The summed E-state index contributed by atoms with van der Waals surface area (Å²) in [6.07, 6.45) is 0. The monoisotopic (exact) mass is 331 g/mol. The summed E-state index contributed by atoms with van der Waals surface area (Å²) >= 11 is 0. The Hall–Kier alpha value is -3.29. The molecule has 7 nitrogen and oxygen atoms in total. The quantitative estimate of drug-likeness (QED) is 0.518. The van der Waals surface area contributed by atoms with Crippen LogP contribution in [0.15, 0.2) is 47.6 Å². The Bertz CT molecular complexity index is 821. The van der Waals surface area contributed by atoms with E-state index in [4.69, 9.17) is 4.74 Å². The van der Waals surface area contributed by atoms with Crippen LogP contribution in [0.2, 0.25) is 0 Å². The molecule has 24 heavy (non-hydrogen) atoms. The molecular weight excluding hydrogens is 317 g/mol. The highest BCUT2D eigenvalue weighted by atomic mass is 19.1. The molecule has 2 aromatic rings. The van der Waals surface area contributed by atoms with Gasteiger partial charge in [0.05, 0.1) is 17.7 Å². The molecule has 0 aliphatic carbocycles. The van der Waals surface area contributed by atoms with Crippen molar-refractivity contribution in [2.45, 2.75) is 6.92 Å². The van der Waals surface area contributed by atoms with Gasteiger partial charge in [0, 0.05) is 17.2 Å². The molecule has 8 heteroatoms. The summed E-state index contributed by atoms with van der Waals surface area (Å²) in [4.78, 5) is 22.3. The zero-order chi connectivity index (χ0) is 17.7. The van der Waals surface area contributed by atoms with E-state index < -0.39 is 16.6 Å². The number of ether oxygens (including phenoxy) is 1. The van der Waals surface area contributed by atoms with E-state index in [1.165, 1.54) is 37.4 Å². The standard InChI is InChI=1S/C16H14FN3O4/c1-10(11-6-7-15(24-2)14(9-11)20(22)23)18-19-16(21)12-4-3-5-13(17)8-12/h3-9H,1-2H3,(H,19,21)/b18-10-. The average Bonchev–Trinajstić information content (AvgIpc) is 2.58. The zero-order valence-corrected chi connectivity index (χ0v) is 12.9. The first-order valence-corrected chi connectivity index (χ1v) is 6.85. The van der Waals surface area contributed by atoms with Crippen molar-refractivity contribution in [3.63, 3.8) is 0 Å². The van der Waals surface area contributed by atoms with Crippen LogP contribution in [0.25, 0.3) is 0 Å². The van der Waals surface area contributed by atoms with Crippen LogP contribution in [-0.2, 0) is 0 Å². The number of hydrogen-bond acceptors (Lipinski definition) is 5. The van der Waals surface area contributed by atoms with Gasteiger partial charge < -0.3 is 4.74 Å². The first-order valence-electron chi connectivity index (χ1n) is 6.85.